The molecule has 1 aliphatic rings. The minimum absolute atomic E-state index is 0. The molecule has 4 rings (SSSR count). The molecule has 1 heterocycles. The Morgan fingerprint density at radius 2 is 1.58 bits per heavy atom. The maximum absolute atomic E-state index is 13.5. The number of aromatic carboxylic acids is 1. The molecular weight excluding hydrogens is 593 g/mol. The molecule has 0 atom stereocenters. The number of carboxylic acid groups (broad SMARTS) is 1. The number of nitrogens with zero attached hydrogens (tertiary/aromatic N) is 3. The van der Waals surface area contributed by atoms with Crippen molar-refractivity contribution in [2.45, 2.75) is 38.3 Å². The van der Waals surface area contributed by atoms with Crippen molar-refractivity contribution in [3.63, 3.8) is 0 Å². The molecule has 15 heteroatoms. The minimum atomic E-state index is -4.95. The van der Waals surface area contributed by atoms with Crippen LogP contribution in [0.2, 0.25) is 0 Å². The average molecular weight is 613 g/mol. The molecule has 1 aliphatic heterocycles. The third kappa shape index (κ3) is 6.64. The van der Waals surface area contributed by atoms with Crippen molar-refractivity contribution in [1.29, 1.82) is 5.26 Å². The Bertz CT molecular complexity index is 1630. The van der Waals surface area contributed by atoms with Gasteiger partial charge in [-0.15, -0.1) is 0 Å². The predicted octanol–water partition coefficient (Wildman–Crippen LogP) is 6.40. The number of carbonyl (C=O) groups is 3. The molecule has 3 aromatic carbocycles. The molecule has 2 N–H and O–H groups in total. The van der Waals surface area contributed by atoms with Crippen molar-refractivity contribution in [3.05, 3.63) is 88.5 Å². The SMILES string of the molecule is CC1(C)C(=O)N(c2ccc(C#N)c(C(F)(F)F)c2)C(=O)N1Cc1ccc(C(F)(F)F)cc1Nc1ccc(C(=O)O)cc1.[Na]. The Morgan fingerprint density at radius 1 is 0.953 bits per heavy atom. The second-order valence-corrected chi connectivity index (χ2v) is 9.78. The van der Waals surface area contributed by atoms with E-state index in [-0.39, 0.29) is 52.1 Å². The first-order valence-corrected chi connectivity index (χ1v) is 12.0. The molecule has 0 aliphatic carbocycles. The van der Waals surface area contributed by atoms with Gasteiger partial charge in [0.05, 0.1) is 40.6 Å². The number of carbonyl (C=O) groups excluding carboxylic acids is 2. The van der Waals surface area contributed by atoms with E-state index in [0.717, 1.165) is 35.2 Å². The van der Waals surface area contributed by atoms with E-state index < -0.39 is 64.7 Å². The summed E-state index contributed by atoms with van der Waals surface area (Å²) in [5.41, 5.74) is -4.98. The van der Waals surface area contributed by atoms with Crippen molar-refractivity contribution in [1.82, 2.24) is 4.90 Å². The number of halogens is 6. The number of amides is 3. The number of urea groups is 1. The predicted molar refractivity (Wildman–Crippen MR) is 143 cm³/mol. The molecule has 3 amide bonds. The van der Waals surface area contributed by atoms with Gasteiger partial charge in [-0.1, -0.05) is 6.07 Å². The number of imide groups is 1. The topological polar surface area (TPSA) is 114 Å². The number of alkyl halides is 6. The van der Waals surface area contributed by atoms with Crippen molar-refractivity contribution < 1.29 is 45.8 Å². The van der Waals surface area contributed by atoms with Gasteiger partial charge < -0.3 is 15.3 Å². The summed E-state index contributed by atoms with van der Waals surface area (Å²) in [4.78, 5) is 39.4. The van der Waals surface area contributed by atoms with Crippen LogP contribution in [0.4, 0.5) is 48.2 Å². The average Bonchev–Trinajstić information content (AvgIpc) is 3.07. The van der Waals surface area contributed by atoms with Gasteiger partial charge in [0.2, 0.25) is 0 Å². The third-order valence-corrected chi connectivity index (χ3v) is 6.69. The Morgan fingerprint density at radius 3 is 2.12 bits per heavy atom. The van der Waals surface area contributed by atoms with Crippen molar-refractivity contribution in [2.24, 2.45) is 0 Å². The number of anilines is 3. The summed E-state index contributed by atoms with van der Waals surface area (Å²) in [6.07, 6.45) is -9.69. The number of benzene rings is 3. The smallest absolute Gasteiger partial charge is 0.417 e. The van der Waals surface area contributed by atoms with Gasteiger partial charge in [0.25, 0.3) is 5.91 Å². The standard InChI is InChI=1S/C28H20F6N4O4.Na/c1-26(2)24(41)38(20-10-6-16(13-35)21(12-20)28(32,33)34)25(42)37(26)14-17-3-7-18(27(29,30)31)11-22(17)36-19-8-4-15(5-9-19)23(39)40;/h3-12,36H,14H2,1-2H3,(H,39,40);. The fourth-order valence-electron chi connectivity index (χ4n) is 4.36. The number of hydrogen-bond acceptors (Lipinski definition) is 5. The van der Waals surface area contributed by atoms with E-state index in [1.807, 2.05) is 0 Å². The Balaban J connectivity index is 0.00000506. The molecule has 1 fully saturated rings. The van der Waals surface area contributed by atoms with Crippen LogP contribution in [-0.4, -0.2) is 63.0 Å². The van der Waals surface area contributed by atoms with Gasteiger partial charge >= 0.3 is 24.4 Å². The van der Waals surface area contributed by atoms with Crippen LogP contribution >= 0.6 is 0 Å². The first kappa shape index (κ1) is 33.4. The zero-order valence-corrected chi connectivity index (χ0v) is 24.8. The van der Waals surface area contributed by atoms with E-state index in [4.69, 9.17) is 10.4 Å². The minimum Gasteiger partial charge on any atom is -0.478 e. The van der Waals surface area contributed by atoms with Crippen molar-refractivity contribution in [2.75, 3.05) is 10.2 Å². The monoisotopic (exact) mass is 613 g/mol. The summed E-state index contributed by atoms with van der Waals surface area (Å²) in [5, 5.41) is 20.9. The molecule has 1 saturated heterocycles. The molecule has 0 saturated carbocycles. The molecular formula is C28H20F6N4NaO4. The normalized spacial score (nSPS) is 14.8. The first-order valence-electron chi connectivity index (χ1n) is 12.0. The fraction of sp³-hybridized carbons (Fsp3) is 0.214. The molecule has 0 bridgehead atoms. The molecule has 3 aromatic rings. The van der Waals surface area contributed by atoms with Gasteiger partial charge in [0.15, 0.2) is 0 Å². The third-order valence-electron chi connectivity index (χ3n) is 6.69. The van der Waals surface area contributed by atoms with Crippen LogP contribution in [-0.2, 0) is 23.7 Å². The van der Waals surface area contributed by atoms with E-state index in [1.54, 1.807) is 0 Å². The van der Waals surface area contributed by atoms with E-state index in [9.17, 15) is 40.7 Å². The molecule has 219 valence electrons. The second kappa shape index (κ2) is 11.9. The molecule has 8 nitrogen and oxygen atoms in total. The number of nitrogens with one attached hydrogen (secondary N) is 1. The van der Waals surface area contributed by atoms with Gasteiger partial charge in [0.1, 0.15) is 5.54 Å². The van der Waals surface area contributed by atoms with Gasteiger partial charge in [0, 0.05) is 40.9 Å². The summed E-state index contributed by atoms with van der Waals surface area (Å²) in [7, 11) is 0. The van der Waals surface area contributed by atoms with E-state index in [0.29, 0.717) is 11.0 Å². The fourth-order valence-corrected chi connectivity index (χ4v) is 4.36. The molecule has 0 spiro atoms. The maximum atomic E-state index is 13.5. The number of hydrogen-bond donors (Lipinski definition) is 2. The zero-order valence-electron chi connectivity index (χ0n) is 22.8. The summed E-state index contributed by atoms with van der Waals surface area (Å²) in [6, 6.07) is 10.5. The largest absolute Gasteiger partial charge is 0.478 e. The van der Waals surface area contributed by atoms with E-state index in [2.05, 4.69) is 5.32 Å². The van der Waals surface area contributed by atoms with Crippen LogP contribution in [0.15, 0.2) is 60.7 Å². The van der Waals surface area contributed by atoms with Crippen LogP contribution in [0.3, 0.4) is 0 Å². The molecule has 0 aromatic heterocycles. The van der Waals surface area contributed by atoms with Gasteiger partial charge in [-0.05, 0) is 74.0 Å². The summed E-state index contributed by atoms with van der Waals surface area (Å²) in [6.45, 7) is 2.25. The van der Waals surface area contributed by atoms with Gasteiger partial charge in [-0.3, -0.25) is 4.79 Å². The van der Waals surface area contributed by atoms with Crippen molar-refractivity contribution >= 4 is 64.5 Å². The number of rotatable bonds is 6. The summed E-state index contributed by atoms with van der Waals surface area (Å²) < 4.78 is 81.2. The van der Waals surface area contributed by atoms with Crippen molar-refractivity contribution in [3.8, 4) is 6.07 Å². The van der Waals surface area contributed by atoms with Gasteiger partial charge in [-0.2, -0.15) is 31.6 Å². The van der Waals surface area contributed by atoms with Gasteiger partial charge in [-0.25, -0.2) is 14.5 Å². The van der Waals surface area contributed by atoms with Crippen LogP contribution in [0.25, 0.3) is 0 Å². The van der Waals surface area contributed by atoms with Crippen LogP contribution in [0, 0.1) is 11.3 Å². The number of carboxylic acids is 1. The van der Waals surface area contributed by atoms with E-state index in [1.165, 1.54) is 44.2 Å². The molecule has 0 unspecified atom stereocenters. The second-order valence-electron chi connectivity index (χ2n) is 9.78. The Kier molecular flexibility index (Phi) is 9.26. The van der Waals surface area contributed by atoms with E-state index >= 15 is 0 Å². The Hall–Kier alpha value is -4.06. The molecule has 1 radical (unpaired) electrons. The summed E-state index contributed by atoms with van der Waals surface area (Å²) in [5.74, 6) is -2.11. The van der Waals surface area contributed by atoms with Crippen LogP contribution in [0.5, 0.6) is 0 Å². The van der Waals surface area contributed by atoms with Crippen LogP contribution in [0.1, 0.15) is 46.5 Å². The summed E-state index contributed by atoms with van der Waals surface area (Å²) >= 11 is 0. The maximum Gasteiger partial charge on any atom is 0.417 e. The van der Waals surface area contributed by atoms with Crippen LogP contribution < -0.4 is 10.2 Å². The first-order chi connectivity index (χ1) is 19.4. The molecule has 43 heavy (non-hydrogen) atoms. The zero-order chi connectivity index (χ0) is 31.2. The Labute approximate surface area is 262 Å². The quantitative estimate of drug-likeness (QED) is 0.189. The number of nitriles is 1.